The van der Waals surface area contributed by atoms with Crippen LogP contribution < -0.4 is 4.74 Å². The van der Waals surface area contributed by atoms with Gasteiger partial charge in [0.2, 0.25) is 0 Å². The average Bonchev–Trinajstić information content (AvgIpc) is 2.97. The number of rotatable bonds is 3. The molecule has 0 aromatic heterocycles. The lowest BCUT2D eigenvalue weighted by molar-refractivity contribution is -0.149. The van der Waals surface area contributed by atoms with Crippen molar-refractivity contribution in [2.75, 3.05) is 6.54 Å². The topological polar surface area (TPSA) is 55.8 Å². The van der Waals surface area contributed by atoms with Crippen LogP contribution in [0.1, 0.15) is 30.6 Å². The molecule has 2 aliphatic rings. The van der Waals surface area contributed by atoms with Gasteiger partial charge in [-0.2, -0.15) is 0 Å². The molecule has 0 aliphatic carbocycles. The number of ether oxygens (including phenoxy) is 2. The Morgan fingerprint density at radius 2 is 2.05 bits per heavy atom. The number of hydrogen-bond acceptors (Lipinski definition) is 4. The van der Waals surface area contributed by atoms with E-state index in [-0.39, 0.29) is 24.1 Å². The van der Waals surface area contributed by atoms with E-state index in [2.05, 4.69) is 0 Å². The van der Waals surface area contributed by atoms with Crippen LogP contribution in [-0.4, -0.2) is 41.6 Å². The molecule has 2 saturated heterocycles. The third-order valence-corrected chi connectivity index (χ3v) is 3.55. The smallest absolute Gasteiger partial charge is 0.329 e. The van der Waals surface area contributed by atoms with Crippen LogP contribution in [0.3, 0.4) is 0 Å². The van der Waals surface area contributed by atoms with E-state index in [4.69, 9.17) is 9.47 Å². The zero-order valence-electron chi connectivity index (χ0n) is 11.5. The van der Waals surface area contributed by atoms with Crippen molar-refractivity contribution in [3.63, 3.8) is 0 Å². The first-order valence-corrected chi connectivity index (χ1v) is 6.83. The zero-order chi connectivity index (χ0) is 14.3. The van der Waals surface area contributed by atoms with Gasteiger partial charge in [-0.05, 0) is 38.1 Å². The number of morpholine rings is 1. The summed E-state index contributed by atoms with van der Waals surface area (Å²) in [5, 5.41) is 0. The lowest BCUT2D eigenvalue weighted by Gasteiger charge is -2.25. The van der Waals surface area contributed by atoms with E-state index in [0.717, 1.165) is 5.75 Å². The van der Waals surface area contributed by atoms with Crippen LogP contribution in [0, 0.1) is 0 Å². The van der Waals surface area contributed by atoms with Crippen molar-refractivity contribution < 1.29 is 19.1 Å². The Labute approximate surface area is 117 Å². The van der Waals surface area contributed by atoms with Crippen molar-refractivity contribution in [1.29, 1.82) is 0 Å². The summed E-state index contributed by atoms with van der Waals surface area (Å²) in [4.78, 5) is 25.5. The van der Waals surface area contributed by atoms with Crippen LogP contribution >= 0.6 is 0 Å². The van der Waals surface area contributed by atoms with E-state index in [1.807, 2.05) is 13.8 Å². The Morgan fingerprint density at radius 1 is 1.35 bits per heavy atom. The van der Waals surface area contributed by atoms with Gasteiger partial charge in [-0.3, -0.25) is 4.79 Å². The highest BCUT2D eigenvalue weighted by Crippen LogP contribution is 2.30. The molecule has 1 aromatic carbocycles. The Bertz CT molecular complexity index is 537. The predicted molar refractivity (Wildman–Crippen MR) is 71.5 cm³/mol. The molecule has 20 heavy (non-hydrogen) atoms. The Balaban J connectivity index is 1.73. The molecule has 0 N–H and O–H groups in total. The number of amides is 1. The second kappa shape index (κ2) is 4.81. The van der Waals surface area contributed by atoms with Crippen molar-refractivity contribution in [3.05, 3.63) is 29.8 Å². The summed E-state index contributed by atoms with van der Waals surface area (Å²) in [7, 11) is 0. The van der Waals surface area contributed by atoms with Crippen LogP contribution in [0.2, 0.25) is 0 Å². The molecule has 0 unspecified atom stereocenters. The van der Waals surface area contributed by atoms with Gasteiger partial charge in [-0.15, -0.1) is 0 Å². The average molecular weight is 275 g/mol. The molecule has 0 saturated carbocycles. The van der Waals surface area contributed by atoms with Gasteiger partial charge in [0.1, 0.15) is 17.9 Å². The van der Waals surface area contributed by atoms with E-state index >= 15 is 0 Å². The molecular weight excluding hydrogens is 258 g/mol. The van der Waals surface area contributed by atoms with Crippen LogP contribution in [0.15, 0.2) is 24.3 Å². The van der Waals surface area contributed by atoms with Gasteiger partial charge < -0.3 is 14.4 Å². The molecule has 2 bridgehead atoms. The van der Waals surface area contributed by atoms with E-state index in [0.29, 0.717) is 18.5 Å². The first kappa shape index (κ1) is 13.0. The Hall–Kier alpha value is -2.04. The standard InChI is InChI=1S/C15H17NO4/c1-9(2)19-11-5-3-10(4-6-11)14(17)16-8-12-7-13(16)15(18)20-12/h3-6,9,12-13H,7-8H2,1-2H3/t12-,13+/m1/s1. The minimum atomic E-state index is -0.404. The van der Waals surface area contributed by atoms with Gasteiger partial charge in [0, 0.05) is 12.0 Å². The zero-order valence-corrected chi connectivity index (χ0v) is 11.5. The van der Waals surface area contributed by atoms with Crippen molar-refractivity contribution in [3.8, 4) is 5.75 Å². The maximum atomic E-state index is 12.4. The summed E-state index contributed by atoms with van der Waals surface area (Å²) < 4.78 is 10.6. The number of carbonyl (C=O) groups excluding carboxylic acids is 2. The van der Waals surface area contributed by atoms with E-state index in [1.165, 1.54) is 0 Å². The van der Waals surface area contributed by atoms with Crippen molar-refractivity contribution >= 4 is 11.9 Å². The molecule has 1 aromatic rings. The summed E-state index contributed by atoms with van der Waals surface area (Å²) in [6, 6.07) is 6.62. The van der Waals surface area contributed by atoms with Gasteiger partial charge in [-0.1, -0.05) is 0 Å². The largest absolute Gasteiger partial charge is 0.491 e. The number of carbonyl (C=O) groups is 2. The van der Waals surface area contributed by atoms with Gasteiger partial charge in [0.25, 0.3) is 5.91 Å². The Morgan fingerprint density at radius 3 is 2.60 bits per heavy atom. The van der Waals surface area contributed by atoms with Crippen LogP contribution in [0.4, 0.5) is 0 Å². The minimum absolute atomic E-state index is 0.0978. The fourth-order valence-electron chi connectivity index (χ4n) is 2.69. The molecular formula is C15H17NO4. The summed E-state index contributed by atoms with van der Waals surface area (Å²) in [6.45, 7) is 4.40. The van der Waals surface area contributed by atoms with Crippen LogP contribution in [0.5, 0.6) is 5.75 Å². The van der Waals surface area contributed by atoms with Crippen LogP contribution in [0.25, 0.3) is 0 Å². The summed E-state index contributed by atoms with van der Waals surface area (Å²) in [6.07, 6.45) is 0.597. The molecule has 0 spiro atoms. The highest BCUT2D eigenvalue weighted by atomic mass is 16.6. The second-order valence-electron chi connectivity index (χ2n) is 5.46. The number of likely N-dealkylation sites (tertiary alicyclic amines) is 1. The molecule has 3 rings (SSSR count). The second-order valence-corrected chi connectivity index (χ2v) is 5.46. The number of fused-ring (bicyclic) bond motifs is 2. The van der Waals surface area contributed by atoms with Crippen molar-refractivity contribution in [1.82, 2.24) is 4.90 Å². The summed E-state index contributed by atoms with van der Waals surface area (Å²) in [5.41, 5.74) is 0.571. The first-order chi connectivity index (χ1) is 9.54. The minimum Gasteiger partial charge on any atom is -0.491 e. The lowest BCUT2D eigenvalue weighted by atomic mass is 10.1. The summed E-state index contributed by atoms with van der Waals surface area (Å²) in [5.74, 6) is 0.332. The highest BCUT2D eigenvalue weighted by molar-refractivity contribution is 5.98. The van der Waals surface area contributed by atoms with E-state index < -0.39 is 6.04 Å². The molecule has 2 fully saturated rings. The third kappa shape index (κ3) is 2.24. The molecule has 2 heterocycles. The monoisotopic (exact) mass is 275 g/mol. The molecule has 5 heteroatoms. The van der Waals surface area contributed by atoms with Gasteiger partial charge in [0.05, 0.1) is 12.6 Å². The molecule has 1 amide bonds. The Kier molecular flexibility index (Phi) is 3.12. The first-order valence-electron chi connectivity index (χ1n) is 6.83. The van der Waals surface area contributed by atoms with Crippen molar-refractivity contribution in [2.24, 2.45) is 0 Å². The van der Waals surface area contributed by atoms with E-state index in [9.17, 15) is 9.59 Å². The SMILES string of the molecule is CC(C)Oc1ccc(C(=O)N2C[C@H]3C[C@H]2C(=O)O3)cc1. The maximum absolute atomic E-state index is 12.4. The fraction of sp³-hybridized carbons (Fsp3) is 0.467. The number of esters is 1. The van der Waals surface area contributed by atoms with Gasteiger partial charge in [-0.25, -0.2) is 4.79 Å². The molecule has 106 valence electrons. The highest BCUT2D eigenvalue weighted by Gasteiger charge is 2.48. The molecule has 0 radical (unpaired) electrons. The van der Waals surface area contributed by atoms with Crippen LogP contribution in [-0.2, 0) is 9.53 Å². The third-order valence-electron chi connectivity index (χ3n) is 3.55. The molecule has 2 aliphatic heterocycles. The number of nitrogens with zero attached hydrogens (tertiary/aromatic N) is 1. The summed E-state index contributed by atoms with van der Waals surface area (Å²) >= 11 is 0. The number of hydrogen-bond donors (Lipinski definition) is 0. The fourth-order valence-corrected chi connectivity index (χ4v) is 2.69. The predicted octanol–water partition coefficient (Wildman–Crippen LogP) is 1.61. The number of benzene rings is 1. The van der Waals surface area contributed by atoms with Gasteiger partial charge in [0.15, 0.2) is 0 Å². The normalized spacial score (nSPS) is 24.1. The maximum Gasteiger partial charge on any atom is 0.329 e. The van der Waals surface area contributed by atoms with Crippen molar-refractivity contribution in [2.45, 2.75) is 38.5 Å². The lowest BCUT2D eigenvalue weighted by Crippen LogP contribution is -2.44. The van der Waals surface area contributed by atoms with E-state index in [1.54, 1.807) is 29.2 Å². The molecule has 5 nitrogen and oxygen atoms in total. The molecule has 2 atom stereocenters. The van der Waals surface area contributed by atoms with Gasteiger partial charge >= 0.3 is 5.97 Å². The quantitative estimate of drug-likeness (QED) is 0.786.